The van der Waals surface area contributed by atoms with Crippen LogP contribution in [-0.2, 0) is 35.1 Å². The lowest BCUT2D eigenvalue weighted by Gasteiger charge is -2.20. The van der Waals surface area contributed by atoms with Crippen LogP contribution < -0.4 is 16.0 Å². The molecule has 0 spiro atoms. The van der Waals surface area contributed by atoms with Crippen LogP contribution in [0, 0.1) is 0 Å². The number of amides is 3. The molecule has 4 N–H and O–H groups in total. The molecule has 0 bridgehead atoms. The second-order valence-corrected chi connectivity index (χ2v) is 13.9. The molecule has 290 valence electrons. The molecule has 3 amide bonds. The highest BCUT2D eigenvalue weighted by Gasteiger charge is 2.24. The van der Waals surface area contributed by atoms with Crippen molar-refractivity contribution < 1.29 is 33.8 Å². The van der Waals surface area contributed by atoms with E-state index in [2.05, 4.69) is 29.8 Å². The van der Waals surface area contributed by atoms with Gasteiger partial charge in [-0.05, 0) is 24.8 Å². The number of benzene rings is 1. The fraction of sp³-hybridized carbons (Fsp3) is 0.732. The third kappa shape index (κ3) is 27.0. The summed E-state index contributed by atoms with van der Waals surface area (Å²) in [6.45, 7) is 3.79. The van der Waals surface area contributed by atoms with Crippen LogP contribution in [0.3, 0.4) is 0 Å². The van der Waals surface area contributed by atoms with Crippen LogP contribution in [-0.4, -0.2) is 60.0 Å². The zero-order valence-electron chi connectivity index (χ0n) is 31.8. The molecule has 10 heteroatoms. The van der Waals surface area contributed by atoms with Crippen LogP contribution in [0.4, 0.5) is 0 Å². The van der Waals surface area contributed by atoms with Crippen molar-refractivity contribution in [1.29, 1.82) is 0 Å². The zero-order valence-corrected chi connectivity index (χ0v) is 31.8. The third-order valence-corrected chi connectivity index (χ3v) is 9.14. The van der Waals surface area contributed by atoms with E-state index in [1.54, 1.807) is 12.1 Å². The quantitative estimate of drug-likeness (QED) is 0.0426. The summed E-state index contributed by atoms with van der Waals surface area (Å²) in [5.41, 5.74) is 0.782. The predicted molar refractivity (Wildman–Crippen MR) is 203 cm³/mol. The number of carbonyl (C=O) groups excluding carboxylic acids is 4. The van der Waals surface area contributed by atoms with Gasteiger partial charge in [0.25, 0.3) is 0 Å². The molecule has 0 heterocycles. The van der Waals surface area contributed by atoms with E-state index in [1.165, 1.54) is 83.5 Å². The predicted octanol–water partition coefficient (Wildman–Crippen LogP) is 7.95. The molecular weight excluding hydrogens is 646 g/mol. The van der Waals surface area contributed by atoms with E-state index >= 15 is 0 Å². The van der Waals surface area contributed by atoms with Gasteiger partial charge in [-0.3, -0.25) is 19.2 Å². The summed E-state index contributed by atoms with van der Waals surface area (Å²) in [4.78, 5) is 61.9. The number of unbranched alkanes of at least 4 members (excludes halogenated alkanes) is 18. The van der Waals surface area contributed by atoms with Gasteiger partial charge in [-0.15, -0.1) is 0 Å². The minimum Gasteiger partial charge on any atom is -0.480 e. The second-order valence-electron chi connectivity index (χ2n) is 13.9. The first-order valence-electron chi connectivity index (χ1n) is 20.0. The lowest BCUT2D eigenvalue weighted by molar-refractivity contribution is -0.151. The van der Waals surface area contributed by atoms with Gasteiger partial charge in [0.05, 0.1) is 13.0 Å². The fourth-order valence-corrected chi connectivity index (χ4v) is 6.07. The lowest BCUT2D eigenvalue weighted by atomic mass is 10.0. The number of carboxylic acids is 1. The summed E-state index contributed by atoms with van der Waals surface area (Å²) in [6, 6.07) is 7.95. The van der Waals surface area contributed by atoms with E-state index < -0.39 is 42.4 Å². The molecular formula is C41H69N3O7. The molecule has 0 aliphatic carbocycles. The SMILES string of the molecule is CCCCCCCCCCCCCCCC(CC(=O)N[C@@H](Cc1ccccc1)C(=O)O)OC(=O)CNC(=O)CNC(=O)CCCCCCCCC. The molecule has 2 atom stereocenters. The summed E-state index contributed by atoms with van der Waals surface area (Å²) >= 11 is 0. The standard InChI is InChI=1S/C41H69N3O7/c1-3-5-7-9-11-12-13-14-15-16-18-19-24-28-35(31-38(46)44-36(41(49)50)30-34-26-22-21-23-27-34)51-40(48)33-43-39(47)32-42-37(45)29-25-20-17-10-8-6-4-2/h21-23,26-27,35-36H,3-20,24-25,28-33H2,1-2H3,(H,42,45)(H,43,47)(H,44,46)(H,49,50)/t35?,36-/m0/s1. The van der Waals surface area contributed by atoms with Crippen molar-refractivity contribution in [3.63, 3.8) is 0 Å². The van der Waals surface area contributed by atoms with E-state index in [9.17, 15) is 29.1 Å². The van der Waals surface area contributed by atoms with Crippen LogP contribution in [0.2, 0.25) is 0 Å². The number of hydrogen-bond donors (Lipinski definition) is 4. The smallest absolute Gasteiger partial charge is 0.326 e. The molecule has 51 heavy (non-hydrogen) atoms. The van der Waals surface area contributed by atoms with Gasteiger partial charge in [0.15, 0.2) is 0 Å². The molecule has 0 saturated heterocycles. The van der Waals surface area contributed by atoms with Crippen LogP contribution in [0.25, 0.3) is 0 Å². The maximum atomic E-state index is 13.0. The summed E-state index contributed by atoms with van der Waals surface area (Å²) in [6.07, 6.45) is 23.3. The number of hydrogen-bond acceptors (Lipinski definition) is 6. The average molecular weight is 716 g/mol. The van der Waals surface area contributed by atoms with Crippen molar-refractivity contribution in [2.75, 3.05) is 13.1 Å². The molecule has 1 aromatic carbocycles. The molecule has 0 aromatic heterocycles. The Morgan fingerprint density at radius 1 is 0.608 bits per heavy atom. The van der Waals surface area contributed by atoms with Crippen LogP contribution >= 0.6 is 0 Å². The van der Waals surface area contributed by atoms with E-state index in [-0.39, 0.29) is 25.3 Å². The maximum absolute atomic E-state index is 13.0. The first-order chi connectivity index (χ1) is 24.7. The second kappa shape index (κ2) is 31.3. The minimum atomic E-state index is -1.14. The highest BCUT2D eigenvalue weighted by molar-refractivity contribution is 5.87. The Morgan fingerprint density at radius 3 is 1.63 bits per heavy atom. The average Bonchev–Trinajstić information content (AvgIpc) is 3.11. The van der Waals surface area contributed by atoms with Crippen molar-refractivity contribution in [3.05, 3.63) is 35.9 Å². The summed E-state index contributed by atoms with van der Waals surface area (Å²) in [5.74, 6) is -3.05. The maximum Gasteiger partial charge on any atom is 0.326 e. The zero-order chi connectivity index (χ0) is 37.4. The van der Waals surface area contributed by atoms with Gasteiger partial charge in [0, 0.05) is 12.8 Å². The molecule has 1 unspecified atom stereocenters. The Kier molecular flexibility index (Phi) is 28.0. The van der Waals surface area contributed by atoms with Crippen LogP contribution in [0.15, 0.2) is 30.3 Å². The van der Waals surface area contributed by atoms with Gasteiger partial charge >= 0.3 is 11.9 Å². The fourth-order valence-electron chi connectivity index (χ4n) is 6.07. The lowest BCUT2D eigenvalue weighted by Crippen LogP contribution is -2.44. The van der Waals surface area contributed by atoms with Gasteiger partial charge in [-0.1, -0.05) is 160 Å². The largest absolute Gasteiger partial charge is 0.480 e. The van der Waals surface area contributed by atoms with Crippen LogP contribution in [0.5, 0.6) is 0 Å². The highest BCUT2D eigenvalue weighted by Crippen LogP contribution is 2.16. The van der Waals surface area contributed by atoms with Crippen molar-refractivity contribution in [3.8, 4) is 0 Å². The van der Waals surface area contributed by atoms with E-state index in [4.69, 9.17) is 4.74 Å². The normalized spacial score (nSPS) is 12.1. The minimum absolute atomic E-state index is 0.132. The van der Waals surface area contributed by atoms with Crippen LogP contribution in [0.1, 0.15) is 167 Å². The van der Waals surface area contributed by atoms with Crippen molar-refractivity contribution in [2.24, 2.45) is 0 Å². The number of rotatable bonds is 33. The van der Waals surface area contributed by atoms with Gasteiger partial charge in [-0.25, -0.2) is 4.79 Å². The van der Waals surface area contributed by atoms with Crippen molar-refractivity contribution in [1.82, 2.24) is 16.0 Å². The van der Waals surface area contributed by atoms with E-state index in [1.807, 2.05) is 18.2 Å². The first-order valence-corrected chi connectivity index (χ1v) is 20.0. The number of carboxylic acid groups (broad SMARTS) is 1. The molecule has 0 fully saturated rings. The Balaban J connectivity index is 2.49. The Morgan fingerprint density at radius 2 is 1.10 bits per heavy atom. The number of nitrogens with one attached hydrogen (secondary N) is 3. The van der Waals surface area contributed by atoms with Gasteiger partial charge in [0.2, 0.25) is 17.7 Å². The van der Waals surface area contributed by atoms with E-state index in [0.29, 0.717) is 12.8 Å². The molecule has 0 aliphatic rings. The summed E-state index contributed by atoms with van der Waals surface area (Å²) in [7, 11) is 0. The molecule has 0 saturated carbocycles. The van der Waals surface area contributed by atoms with Crippen molar-refractivity contribution in [2.45, 2.75) is 180 Å². The number of carbonyl (C=O) groups is 5. The summed E-state index contributed by atoms with van der Waals surface area (Å²) in [5, 5.41) is 17.4. The number of esters is 1. The number of ether oxygens (including phenoxy) is 1. The monoisotopic (exact) mass is 716 g/mol. The Labute approximate surface area is 308 Å². The Hall–Kier alpha value is -3.43. The highest BCUT2D eigenvalue weighted by atomic mass is 16.5. The van der Waals surface area contributed by atoms with Gasteiger partial charge < -0.3 is 25.8 Å². The molecule has 1 rings (SSSR count). The summed E-state index contributed by atoms with van der Waals surface area (Å²) < 4.78 is 5.62. The van der Waals surface area contributed by atoms with Gasteiger partial charge in [0.1, 0.15) is 18.7 Å². The third-order valence-electron chi connectivity index (χ3n) is 9.14. The topological polar surface area (TPSA) is 151 Å². The first kappa shape index (κ1) is 45.6. The molecule has 10 nitrogen and oxygen atoms in total. The van der Waals surface area contributed by atoms with E-state index in [0.717, 1.165) is 50.5 Å². The van der Waals surface area contributed by atoms with Gasteiger partial charge in [-0.2, -0.15) is 0 Å². The molecule has 1 aromatic rings. The molecule has 0 radical (unpaired) electrons. The van der Waals surface area contributed by atoms with Crippen molar-refractivity contribution >= 4 is 29.7 Å². The Bertz CT molecular complexity index is 1080. The number of aliphatic carboxylic acids is 1. The molecule has 0 aliphatic heterocycles.